The van der Waals surface area contributed by atoms with Crippen molar-refractivity contribution in [2.45, 2.75) is 29.3 Å². The smallest absolute Gasteiger partial charge is 0.250 e. The second-order valence-electron chi connectivity index (χ2n) is 7.94. The van der Waals surface area contributed by atoms with Crippen LogP contribution in [0, 0.1) is 0 Å². The van der Waals surface area contributed by atoms with Gasteiger partial charge in [0.25, 0.3) is 5.91 Å². The van der Waals surface area contributed by atoms with Crippen molar-refractivity contribution < 1.29 is 19.2 Å². The first-order chi connectivity index (χ1) is 16.9. The Kier molecular flexibility index (Phi) is 12.0. The van der Waals surface area contributed by atoms with Gasteiger partial charge < -0.3 is 26.6 Å². The van der Waals surface area contributed by atoms with E-state index in [1.807, 2.05) is 48.5 Å². The molecule has 0 saturated carbocycles. The summed E-state index contributed by atoms with van der Waals surface area (Å²) in [7, 11) is 4.12. The number of nitrogens with one attached hydrogen (secondary N) is 2. The summed E-state index contributed by atoms with van der Waals surface area (Å²) in [5.41, 5.74) is 1.27. The Morgan fingerprint density at radius 3 is 1.95 bits per heavy atom. The van der Waals surface area contributed by atoms with Gasteiger partial charge in [0.1, 0.15) is 12.6 Å². The molecule has 2 aliphatic heterocycles. The molecule has 200 valence electrons. The average Bonchev–Trinajstić information content (AvgIpc) is 3.08. The van der Waals surface area contributed by atoms with Gasteiger partial charge in [0.2, 0.25) is 11.8 Å². The van der Waals surface area contributed by atoms with E-state index >= 15 is 0 Å². The fraction of sp³-hybridized carbons (Fsp3) is 0.333. The van der Waals surface area contributed by atoms with Gasteiger partial charge in [-0.1, -0.05) is 31.7 Å². The zero-order chi connectivity index (χ0) is 24.9. The van der Waals surface area contributed by atoms with Crippen LogP contribution in [0.1, 0.15) is 7.43 Å². The van der Waals surface area contributed by atoms with Crippen LogP contribution in [0.2, 0.25) is 0 Å². The lowest BCUT2D eigenvalue weighted by Gasteiger charge is -2.27. The number of nitrogens with zero attached hydrogens (tertiary/aromatic N) is 2. The minimum atomic E-state index is -0.827. The Bertz CT molecular complexity index is 1160. The molecular formula is C24H33N5O4P2S2. The molecule has 0 fully saturated rings. The lowest BCUT2D eigenvalue weighted by atomic mass is 10.2. The van der Waals surface area contributed by atoms with Gasteiger partial charge in [0.15, 0.2) is 5.52 Å². The molecule has 3 amide bonds. The fourth-order valence-electron chi connectivity index (χ4n) is 3.92. The summed E-state index contributed by atoms with van der Waals surface area (Å²) in [6.45, 7) is -0.258. The number of thioether (sulfide) groups is 2. The Morgan fingerprint density at radius 2 is 1.41 bits per heavy atom. The van der Waals surface area contributed by atoms with E-state index < -0.39 is 18.0 Å². The summed E-state index contributed by atoms with van der Waals surface area (Å²) in [4.78, 5) is 56.8. The second-order valence-corrected chi connectivity index (χ2v) is 11.8. The first kappa shape index (κ1) is 31.2. The molecule has 4 rings (SSSR count). The van der Waals surface area contributed by atoms with Gasteiger partial charge in [0, 0.05) is 21.3 Å². The SMILES string of the molecule is C.CNC1CSc2ccccc2N(CC(=O)NC2CSc3ccccc3N(CC(=O)PP)C2=O)C1=O.N. The summed E-state index contributed by atoms with van der Waals surface area (Å²) >= 11 is 3.02. The summed E-state index contributed by atoms with van der Waals surface area (Å²) in [5, 5.41) is 5.86. The maximum Gasteiger partial charge on any atom is 0.250 e. The quantitative estimate of drug-likeness (QED) is 0.425. The van der Waals surface area contributed by atoms with E-state index in [1.54, 1.807) is 18.8 Å². The molecule has 2 aromatic carbocycles. The van der Waals surface area contributed by atoms with Crippen molar-refractivity contribution in [1.82, 2.24) is 16.8 Å². The zero-order valence-electron chi connectivity index (χ0n) is 19.7. The van der Waals surface area contributed by atoms with E-state index in [2.05, 4.69) is 19.6 Å². The van der Waals surface area contributed by atoms with E-state index in [1.165, 1.54) is 21.6 Å². The lowest BCUT2D eigenvalue weighted by molar-refractivity contribution is -0.127. The average molecular weight is 582 g/mol. The number of amides is 3. The van der Waals surface area contributed by atoms with Crippen molar-refractivity contribution >= 4 is 75.3 Å². The number of likely N-dealkylation sites (N-methyl/N-ethyl adjacent to an activating group) is 1. The molecule has 0 bridgehead atoms. The van der Waals surface area contributed by atoms with Crippen molar-refractivity contribution in [2.75, 3.05) is 41.4 Å². The van der Waals surface area contributed by atoms with Crippen LogP contribution in [-0.2, 0) is 19.2 Å². The van der Waals surface area contributed by atoms with Crippen molar-refractivity contribution in [3.63, 3.8) is 0 Å². The van der Waals surface area contributed by atoms with Crippen LogP contribution < -0.4 is 26.6 Å². The number of hydrogen-bond donors (Lipinski definition) is 3. The highest BCUT2D eigenvalue weighted by atomic mass is 32.2. The van der Waals surface area contributed by atoms with Crippen LogP contribution in [0.5, 0.6) is 0 Å². The van der Waals surface area contributed by atoms with Gasteiger partial charge in [-0.2, -0.15) is 0 Å². The number of carbonyl (C=O) groups excluding carboxylic acids is 4. The highest BCUT2D eigenvalue weighted by Crippen LogP contribution is 2.36. The molecule has 0 aromatic heterocycles. The first-order valence-electron chi connectivity index (χ1n) is 11.0. The molecule has 2 aromatic rings. The molecule has 0 radical (unpaired) electrons. The number of hydrogen-bond acceptors (Lipinski definition) is 8. The van der Waals surface area contributed by atoms with Crippen molar-refractivity contribution in [2.24, 2.45) is 0 Å². The highest BCUT2D eigenvalue weighted by Gasteiger charge is 2.35. The summed E-state index contributed by atoms with van der Waals surface area (Å²) in [6.07, 6.45) is 0. The van der Waals surface area contributed by atoms with Gasteiger partial charge in [0.05, 0.1) is 24.0 Å². The van der Waals surface area contributed by atoms with E-state index in [9.17, 15) is 19.2 Å². The number of anilines is 2. The normalized spacial score (nSPS) is 19.2. The van der Waals surface area contributed by atoms with Crippen molar-refractivity contribution in [1.29, 1.82) is 0 Å². The van der Waals surface area contributed by atoms with Crippen LogP contribution in [-0.4, -0.2) is 67.0 Å². The Labute approximate surface area is 230 Å². The maximum atomic E-state index is 13.5. The third kappa shape index (κ3) is 7.11. The van der Waals surface area contributed by atoms with E-state index in [0.717, 1.165) is 9.79 Å². The third-order valence-electron chi connectivity index (χ3n) is 5.70. The predicted molar refractivity (Wildman–Crippen MR) is 159 cm³/mol. The lowest BCUT2D eigenvalue weighted by Crippen LogP contribution is -2.54. The highest BCUT2D eigenvalue weighted by molar-refractivity contribution is 8.11. The topological polar surface area (TPSA) is 134 Å². The monoisotopic (exact) mass is 581 g/mol. The molecule has 37 heavy (non-hydrogen) atoms. The number of rotatable bonds is 7. The van der Waals surface area contributed by atoms with Crippen LogP contribution in [0.4, 0.5) is 11.4 Å². The molecule has 2 heterocycles. The van der Waals surface area contributed by atoms with E-state index in [0.29, 0.717) is 22.9 Å². The standard InChI is InChI=1S/C23H26N4O4P2S2.CH4.H3N/c1-24-14-12-34-18-8-4-2-6-16(18)26(22(14)30)10-20(28)25-15-13-35-19-9-5-3-7-17(19)27(23(15)31)11-21(29)33-32;;/h2-9,14-15,24,33H,10-13,32H2,1H3,(H,25,28);1H4;1H3. The van der Waals surface area contributed by atoms with Crippen LogP contribution in [0.3, 0.4) is 0 Å². The largest absolute Gasteiger partial charge is 0.344 e. The molecule has 5 N–H and O–H groups in total. The van der Waals surface area contributed by atoms with Gasteiger partial charge in [-0.3, -0.25) is 19.2 Å². The number of carbonyl (C=O) groups is 4. The summed E-state index contributed by atoms with van der Waals surface area (Å²) in [5.74, 6) is -0.0742. The molecule has 0 saturated heterocycles. The number of benzene rings is 2. The molecule has 9 nitrogen and oxygen atoms in total. The van der Waals surface area contributed by atoms with Gasteiger partial charge in [-0.05, 0) is 39.6 Å². The second kappa shape index (κ2) is 14.2. The van der Waals surface area contributed by atoms with Gasteiger partial charge in [-0.25, -0.2) is 0 Å². The summed E-state index contributed by atoms with van der Waals surface area (Å²) < 4.78 is 0. The van der Waals surface area contributed by atoms with E-state index in [-0.39, 0.29) is 52.3 Å². The van der Waals surface area contributed by atoms with Gasteiger partial charge >= 0.3 is 0 Å². The predicted octanol–water partition coefficient (Wildman–Crippen LogP) is 3.13. The third-order valence-corrected chi connectivity index (χ3v) is 9.46. The summed E-state index contributed by atoms with van der Waals surface area (Å²) in [6, 6.07) is 13.7. The van der Waals surface area contributed by atoms with Crippen molar-refractivity contribution in [3.8, 4) is 0 Å². The minimum Gasteiger partial charge on any atom is -0.344 e. The van der Waals surface area contributed by atoms with Crippen LogP contribution >= 0.6 is 40.7 Å². The molecule has 2 aliphatic rings. The maximum absolute atomic E-state index is 13.5. The fourth-order valence-corrected chi connectivity index (χ4v) is 6.67. The number of para-hydroxylation sites is 2. The molecule has 13 heteroatoms. The molecule has 4 atom stereocenters. The molecular weight excluding hydrogens is 548 g/mol. The van der Waals surface area contributed by atoms with Gasteiger partial charge in [-0.15, -0.1) is 32.5 Å². The van der Waals surface area contributed by atoms with Crippen molar-refractivity contribution in [3.05, 3.63) is 48.5 Å². The van der Waals surface area contributed by atoms with E-state index in [4.69, 9.17) is 0 Å². The number of fused-ring (bicyclic) bond motifs is 2. The van der Waals surface area contributed by atoms with Crippen LogP contribution in [0.25, 0.3) is 0 Å². The van der Waals surface area contributed by atoms with Crippen LogP contribution in [0.15, 0.2) is 58.3 Å². The molecule has 4 unspecified atom stereocenters. The zero-order valence-corrected chi connectivity index (χ0v) is 23.5. The Morgan fingerprint density at radius 1 is 0.919 bits per heavy atom. The molecule has 0 spiro atoms. The molecule has 0 aliphatic carbocycles. The minimum absolute atomic E-state index is 0. The Hall–Kier alpha value is -2.00. The Balaban J connectivity index is 0.00000241. The first-order valence-corrected chi connectivity index (χ1v) is 15.7.